The van der Waals surface area contributed by atoms with Crippen LogP contribution in [0.3, 0.4) is 0 Å². The Morgan fingerprint density at radius 1 is 1.37 bits per heavy atom. The third-order valence-corrected chi connectivity index (χ3v) is 6.94. The average Bonchev–Trinajstić information content (AvgIpc) is 3.02. The molecule has 0 bridgehead atoms. The number of nitrogen functional groups attached to an aromatic ring is 1. The van der Waals surface area contributed by atoms with Crippen molar-refractivity contribution >= 4 is 19.5 Å². The lowest BCUT2D eigenvalue weighted by molar-refractivity contribution is -0.144. The van der Waals surface area contributed by atoms with Crippen molar-refractivity contribution in [3.05, 3.63) is 53.1 Å². The number of ether oxygens (including phenoxy) is 2. The van der Waals surface area contributed by atoms with Gasteiger partial charge >= 0.3 is 19.4 Å². The number of carbonyl (C=O) groups excluding carboxylic acids is 1. The van der Waals surface area contributed by atoms with Gasteiger partial charge in [0.15, 0.2) is 6.23 Å². The van der Waals surface area contributed by atoms with Crippen LogP contribution in [-0.4, -0.2) is 57.6 Å². The first-order valence-electron chi connectivity index (χ1n) is 10.9. The molecule has 0 aliphatic carbocycles. The fraction of sp³-hybridized carbons (Fsp3) is 0.476. The van der Waals surface area contributed by atoms with E-state index in [1.54, 1.807) is 37.3 Å². The monoisotopic (exact) mass is 511 g/mol. The highest BCUT2D eigenvalue weighted by Gasteiger charge is 2.52. The van der Waals surface area contributed by atoms with Gasteiger partial charge in [-0.1, -0.05) is 18.2 Å². The number of rotatable bonds is 10. The van der Waals surface area contributed by atoms with Crippen LogP contribution in [0.5, 0.6) is 5.75 Å². The number of carbonyl (C=O) groups is 1. The zero-order valence-electron chi connectivity index (χ0n) is 19.6. The van der Waals surface area contributed by atoms with Gasteiger partial charge in [0.1, 0.15) is 29.8 Å². The number of hydrogen-bond acceptors (Lipinski definition) is 11. The third-order valence-electron chi connectivity index (χ3n) is 5.30. The fourth-order valence-electron chi connectivity index (χ4n) is 3.47. The van der Waals surface area contributed by atoms with Crippen molar-refractivity contribution in [3.63, 3.8) is 0 Å². The molecule has 192 valence electrons. The molecule has 1 unspecified atom stereocenters. The Morgan fingerprint density at radius 3 is 2.69 bits per heavy atom. The van der Waals surface area contributed by atoms with Crippen LogP contribution < -0.4 is 26.8 Å². The summed E-state index contributed by atoms with van der Waals surface area (Å²) < 4.78 is 36.5. The van der Waals surface area contributed by atoms with Crippen LogP contribution in [0.25, 0.3) is 0 Å². The smallest absolute Gasteiger partial charge is 0.459 e. The summed E-state index contributed by atoms with van der Waals surface area (Å²) in [6.07, 6.45) is -2.20. The number of esters is 1. The second-order valence-corrected chi connectivity index (χ2v) is 9.87. The van der Waals surface area contributed by atoms with E-state index in [1.165, 1.54) is 26.1 Å². The number of hydrogen-bond donors (Lipinski definition) is 4. The maximum absolute atomic E-state index is 13.6. The molecule has 2 aromatic rings. The van der Waals surface area contributed by atoms with E-state index in [4.69, 9.17) is 30.0 Å². The van der Waals surface area contributed by atoms with Gasteiger partial charge in [-0.25, -0.2) is 9.36 Å². The highest BCUT2D eigenvalue weighted by molar-refractivity contribution is 7.52. The first kappa shape index (κ1) is 26.8. The molecule has 6 N–H and O–H groups in total. The molecule has 35 heavy (non-hydrogen) atoms. The number of anilines is 1. The van der Waals surface area contributed by atoms with Gasteiger partial charge in [-0.15, -0.1) is 0 Å². The van der Waals surface area contributed by atoms with E-state index < -0.39 is 56.0 Å². The van der Waals surface area contributed by atoms with Crippen LogP contribution in [0.2, 0.25) is 0 Å². The lowest BCUT2D eigenvalue weighted by atomic mass is 9.93. The summed E-state index contributed by atoms with van der Waals surface area (Å²) in [5.41, 5.74) is 9.66. The number of aromatic nitrogens is 2. The van der Waals surface area contributed by atoms with Crippen LogP contribution >= 0.6 is 7.75 Å². The van der Waals surface area contributed by atoms with Crippen LogP contribution in [0.4, 0.5) is 5.82 Å². The molecule has 0 amide bonds. The summed E-state index contributed by atoms with van der Waals surface area (Å²) in [4.78, 5) is 28.0. The molecule has 0 spiro atoms. The minimum Gasteiger partial charge on any atom is -0.465 e. The zero-order chi connectivity index (χ0) is 25.8. The third kappa shape index (κ3) is 6.26. The van der Waals surface area contributed by atoms with Gasteiger partial charge in [0.2, 0.25) is 0 Å². The van der Waals surface area contributed by atoms with E-state index in [2.05, 4.69) is 10.1 Å². The number of nitrogens with two attached hydrogens (primary N) is 2. The molecular weight excluding hydrogens is 481 g/mol. The van der Waals surface area contributed by atoms with Gasteiger partial charge in [0.25, 0.3) is 0 Å². The molecular formula is C21H30N5O8P. The minimum atomic E-state index is -4.18. The standard InChI is InChI=1S/C21H30N5O8P/c1-4-31-18(28)13(2)25-35(30,34-14-8-6-5-7-9-14)32-12-15-17(27)21(3,23)19(33-15)26-11-10-16(22)24-20(26)29/h5-11,13,15,17,19,27H,4,12,23H2,1-3H3,(H,25,30)(H2,22,24,29)/t13-,15+,17+,19+,21+,35?/m0/s1. The first-order chi connectivity index (χ1) is 16.5. The second-order valence-electron chi connectivity index (χ2n) is 8.18. The Kier molecular flexibility index (Phi) is 8.31. The van der Waals surface area contributed by atoms with E-state index in [1.807, 2.05) is 0 Å². The molecule has 1 aliphatic heterocycles. The van der Waals surface area contributed by atoms with E-state index in [0.29, 0.717) is 0 Å². The summed E-state index contributed by atoms with van der Waals surface area (Å²) in [7, 11) is -4.18. The van der Waals surface area contributed by atoms with Gasteiger partial charge in [0.05, 0.1) is 18.8 Å². The van der Waals surface area contributed by atoms with E-state index >= 15 is 0 Å². The van der Waals surface area contributed by atoms with Crippen molar-refractivity contribution < 1.29 is 33.0 Å². The molecule has 14 heteroatoms. The van der Waals surface area contributed by atoms with Crippen LogP contribution in [-0.2, 0) is 23.4 Å². The van der Waals surface area contributed by atoms with Crippen LogP contribution in [0.1, 0.15) is 27.0 Å². The van der Waals surface area contributed by atoms with Crippen molar-refractivity contribution in [2.45, 2.75) is 50.8 Å². The van der Waals surface area contributed by atoms with E-state index in [-0.39, 0.29) is 18.2 Å². The van der Waals surface area contributed by atoms with Gasteiger partial charge in [-0.2, -0.15) is 10.1 Å². The fourth-order valence-corrected chi connectivity index (χ4v) is 4.97. The van der Waals surface area contributed by atoms with Gasteiger partial charge in [-0.05, 0) is 39.0 Å². The van der Waals surface area contributed by atoms with Crippen molar-refractivity contribution in [3.8, 4) is 5.75 Å². The number of aliphatic hydroxyl groups is 1. The second kappa shape index (κ2) is 10.9. The Labute approximate surface area is 201 Å². The molecule has 1 aromatic heterocycles. The molecule has 1 saturated heterocycles. The molecule has 0 saturated carbocycles. The maximum Gasteiger partial charge on any atom is 0.459 e. The molecule has 1 aliphatic rings. The number of nitrogens with zero attached hydrogens (tertiary/aromatic N) is 2. The summed E-state index contributed by atoms with van der Waals surface area (Å²) in [6, 6.07) is 8.54. The molecule has 0 radical (unpaired) electrons. The lowest BCUT2D eigenvalue weighted by Gasteiger charge is -2.28. The first-order valence-corrected chi connectivity index (χ1v) is 12.4. The molecule has 2 heterocycles. The molecule has 13 nitrogen and oxygen atoms in total. The van der Waals surface area contributed by atoms with Crippen LogP contribution in [0, 0.1) is 0 Å². The van der Waals surface area contributed by atoms with Crippen molar-refractivity contribution in [1.82, 2.24) is 14.6 Å². The quantitative estimate of drug-likeness (QED) is 0.256. The highest BCUT2D eigenvalue weighted by atomic mass is 31.2. The zero-order valence-corrected chi connectivity index (χ0v) is 20.5. The number of benzene rings is 1. The summed E-state index contributed by atoms with van der Waals surface area (Å²) in [5.74, 6) is -0.424. The van der Waals surface area contributed by atoms with Crippen molar-refractivity contribution in [1.29, 1.82) is 0 Å². The minimum absolute atomic E-state index is 0.0178. The van der Waals surface area contributed by atoms with Gasteiger partial charge in [-0.3, -0.25) is 13.9 Å². The topological polar surface area (TPSA) is 190 Å². The number of para-hydroxylation sites is 1. The summed E-state index contributed by atoms with van der Waals surface area (Å²) >= 11 is 0. The highest BCUT2D eigenvalue weighted by Crippen LogP contribution is 2.46. The Balaban J connectivity index is 1.79. The van der Waals surface area contributed by atoms with Crippen molar-refractivity contribution in [2.24, 2.45) is 5.73 Å². The van der Waals surface area contributed by atoms with Crippen molar-refractivity contribution in [2.75, 3.05) is 18.9 Å². The van der Waals surface area contributed by atoms with Gasteiger partial charge < -0.3 is 30.6 Å². The largest absolute Gasteiger partial charge is 0.465 e. The molecule has 1 fully saturated rings. The molecule has 6 atom stereocenters. The SMILES string of the molecule is CCOC(=O)[C@H](C)NP(=O)(OC[C@H]1O[C@@H](n2ccc(N)nc2=O)[C@](C)(N)[C@@H]1O)Oc1ccccc1. The van der Waals surface area contributed by atoms with Crippen LogP contribution in [0.15, 0.2) is 47.4 Å². The number of aliphatic hydroxyl groups excluding tert-OH is 1. The summed E-state index contributed by atoms with van der Waals surface area (Å²) in [6.45, 7) is 4.26. The Hall–Kier alpha value is -2.80. The predicted molar refractivity (Wildman–Crippen MR) is 125 cm³/mol. The van der Waals surface area contributed by atoms with E-state index in [9.17, 15) is 19.3 Å². The number of nitrogens with one attached hydrogen (secondary N) is 1. The predicted octanol–water partition coefficient (Wildman–Crippen LogP) is 0.546. The maximum atomic E-state index is 13.6. The summed E-state index contributed by atoms with van der Waals surface area (Å²) in [5, 5.41) is 13.3. The lowest BCUT2D eigenvalue weighted by Crippen LogP contribution is -2.53. The van der Waals surface area contributed by atoms with Gasteiger partial charge in [0, 0.05) is 6.20 Å². The molecule has 3 rings (SSSR count). The van der Waals surface area contributed by atoms with E-state index in [0.717, 1.165) is 4.57 Å². The Bertz CT molecular complexity index is 1130. The Morgan fingerprint density at radius 2 is 2.06 bits per heavy atom. The normalized spacial score (nSPS) is 26.6. The average molecular weight is 511 g/mol. The molecule has 1 aromatic carbocycles.